The first kappa shape index (κ1) is 28.3. The van der Waals surface area contributed by atoms with E-state index in [1.807, 2.05) is 12.1 Å². The largest absolute Gasteiger partial charge is 0.516 e. The Kier molecular flexibility index (Phi) is 8.34. The molecule has 0 aliphatic carbocycles. The van der Waals surface area contributed by atoms with Gasteiger partial charge in [0, 0.05) is 47.9 Å². The van der Waals surface area contributed by atoms with Crippen LogP contribution in [0.15, 0.2) is 41.9 Å². The van der Waals surface area contributed by atoms with Crippen LogP contribution in [0.2, 0.25) is 5.02 Å². The molecule has 0 atom stereocenters. The lowest BCUT2D eigenvalue weighted by Crippen LogP contribution is -2.45. The number of aromatic nitrogens is 2. The Morgan fingerprint density at radius 1 is 1.21 bits per heavy atom. The number of hydrogen-bond donors (Lipinski definition) is 0. The predicted octanol–water partition coefficient (Wildman–Crippen LogP) is 6.00. The van der Waals surface area contributed by atoms with Crippen molar-refractivity contribution < 1.29 is 26.4 Å². The molecule has 0 N–H and O–H groups in total. The molecule has 0 bridgehead atoms. The molecular formula is C25H26ClF3N4O3S2. The molecule has 38 heavy (non-hydrogen) atoms. The zero-order valence-electron chi connectivity index (χ0n) is 20.7. The smallest absolute Gasteiger partial charge is 0.341 e. The zero-order valence-corrected chi connectivity index (χ0v) is 23.1. The van der Waals surface area contributed by atoms with Gasteiger partial charge in [0.15, 0.2) is 0 Å². The Bertz CT molecular complexity index is 1430. The molecule has 3 aromatic rings. The van der Waals surface area contributed by atoms with Crippen LogP contribution in [-0.2, 0) is 21.2 Å². The van der Waals surface area contributed by atoms with Crippen molar-refractivity contribution >= 4 is 44.6 Å². The second-order valence-electron chi connectivity index (χ2n) is 9.34. The van der Waals surface area contributed by atoms with E-state index < -0.39 is 22.1 Å². The lowest BCUT2D eigenvalue weighted by Gasteiger charge is -2.28. The number of hydrogen-bond acceptors (Lipinski definition) is 6. The number of anilines is 1. The van der Waals surface area contributed by atoms with Crippen LogP contribution in [0.3, 0.4) is 0 Å². The minimum absolute atomic E-state index is 0.0502. The summed E-state index contributed by atoms with van der Waals surface area (Å²) in [4.78, 5) is 22.3. The van der Waals surface area contributed by atoms with Gasteiger partial charge in [-0.25, -0.2) is 4.98 Å². The molecule has 2 aromatic heterocycles. The molecule has 0 saturated carbocycles. The van der Waals surface area contributed by atoms with Crippen molar-refractivity contribution in [3.05, 3.63) is 52.6 Å². The summed E-state index contributed by atoms with van der Waals surface area (Å²) in [6, 6.07) is 7.72. The molecule has 3 heterocycles. The average Bonchev–Trinajstić information content (AvgIpc) is 3.48. The van der Waals surface area contributed by atoms with Gasteiger partial charge in [0.1, 0.15) is 5.01 Å². The SMILES string of the molecule is CC(C)Cc1cc(-c2nc(-c3ccc(N(CCN4CCCC4=O)S(=O)(=O)C(F)(F)F)cc3Cl)cs2)ccn1. The van der Waals surface area contributed by atoms with E-state index in [0.29, 0.717) is 36.6 Å². The standard InChI is InChI=1S/C25H26ClF3N4O3S2/c1-16(2)12-18-13-17(7-8-30-18)24-31-22(15-37-24)20-6-5-19(14-21(20)26)33(38(35,36)25(27,28)29)11-10-32-9-3-4-23(32)34/h5-8,13-16H,3-4,9-12H2,1-2H3. The fraction of sp³-hybridized carbons (Fsp3) is 0.400. The molecule has 1 amide bonds. The van der Waals surface area contributed by atoms with E-state index in [0.717, 1.165) is 22.7 Å². The Morgan fingerprint density at radius 3 is 2.61 bits per heavy atom. The van der Waals surface area contributed by atoms with E-state index in [-0.39, 0.29) is 27.5 Å². The average molecular weight is 587 g/mol. The summed E-state index contributed by atoms with van der Waals surface area (Å²) in [7, 11) is -5.72. The zero-order chi connectivity index (χ0) is 27.7. The maximum absolute atomic E-state index is 13.5. The maximum Gasteiger partial charge on any atom is 0.516 e. The molecule has 0 spiro atoms. The molecule has 0 unspecified atom stereocenters. The van der Waals surface area contributed by atoms with Gasteiger partial charge in [-0.05, 0) is 49.1 Å². The van der Waals surface area contributed by atoms with E-state index >= 15 is 0 Å². The Balaban J connectivity index is 1.62. The molecule has 7 nitrogen and oxygen atoms in total. The number of halogens is 4. The van der Waals surface area contributed by atoms with Crippen LogP contribution in [-0.4, -0.2) is 54.3 Å². The second kappa shape index (κ2) is 11.2. The Morgan fingerprint density at radius 2 is 1.97 bits per heavy atom. The van der Waals surface area contributed by atoms with Crippen LogP contribution in [0.1, 0.15) is 32.4 Å². The normalized spacial score (nSPS) is 14.5. The predicted molar refractivity (Wildman–Crippen MR) is 142 cm³/mol. The fourth-order valence-electron chi connectivity index (χ4n) is 4.20. The molecule has 0 radical (unpaired) electrons. The van der Waals surface area contributed by atoms with E-state index in [1.165, 1.54) is 34.4 Å². The van der Waals surface area contributed by atoms with Crippen molar-refractivity contribution in [1.82, 2.24) is 14.9 Å². The number of benzene rings is 1. The molecule has 4 rings (SSSR count). The highest BCUT2D eigenvalue weighted by Crippen LogP contribution is 2.37. The maximum atomic E-state index is 13.5. The summed E-state index contributed by atoms with van der Waals surface area (Å²) in [5.74, 6) is 0.228. The van der Waals surface area contributed by atoms with Crippen molar-refractivity contribution in [2.24, 2.45) is 5.92 Å². The number of carbonyl (C=O) groups excluding carboxylic acids is 1. The number of sulfonamides is 1. The summed E-state index contributed by atoms with van der Waals surface area (Å²) in [5, 5.41) is 2.56. The lowest BCUT2D eigenvalue weighted by molar-refractivity contribution is -0.127. The Labute approximate surface area is 228 Å². The van der Waals surface area contributed by atoms with Gasteiger partial charge in [0.25, 0.3) is 0 Å². The quantitative estimate of drug-likeness (QED) is 0.307. The van der Waals surface area contributed by atoms with Crippen molar-refractivity contribution in [2.75, 3.05) is 23.9 Å². The summed E-state index contributed by atoms with van der Waals surface area (Å²) < 4.78 is 65.5. The van der Waals surface area contributed by atoms with Crippen molar-refractivity contribution in [3.8, 4) is 21.8 Å². The van der Waals surface area contributed by atoms with E-state index in [4.69, 9.17) is 11.6 Å². The highest BCUT2D eigenvalue weighted by atomic mass is 35.5. The third-order valence-electron chi connectivity index (χ3n) is 6.03. The van der Waals surface area contributed by atoms with Crippen LogP contribution in [0.25, 0.3) is 21.8 Å². The highest BCUT2D eigenvalue weighted by molar-refractivity contribution is 7.93. The first-order chi connectivity index (χ1) is 17.9. The molecule has 1 aliphatic rings. The summed E-state index contributed by atoms with van der Waals surface area (Å²) >= 11 is 7.83. The number of thiazole rings is 1. The molecule has 1 fully saturated rings. The number of alkyl halides is 3. The molecular weight excluding hydrogens is 561 g/mol. The highest BCUT2D eigenvalue weighted by Gasteiger charge is 2.50. The topological polar surface area (TPSA) is 83.5 Å². The fourth-order valence-corrected chi connectivity index (χ4v) is 6.25. The first-order valence-electron chi connectivity index (χ1n) is 11.9. The summed E-state index contributed by atoms with van der Waals surface area (Å²) in [6.07, 6.45) is 3.42. The second-order valence-corrected chi connectivity index (χ2v) is 12.5. The van der Waals surface area contributed by atoms with Gasteiger partial charge in [0.2, 0.25) is 5.91 Å². The molecule has 1 aromatic carbocycles. The van der Waals surface area contributed by atoms with Gasteiger partial charge in [-0.2, -0.15) is 21.6 Å². The number of carbonyl (C=O) groups is 1. The number of nitrogens with zero attached hydrogens (tertiary/aromatic N) is 4. The van der Waals surface area contributed by atoms with Crippen molar-refractivity contribution in [3.63, 3.8) is 0 Å². The summed E-state index contributed by atoms with van der Waals surface area (Å²) in [6.45, 7) is 3.88. The number of amides is 1. The molecule has 13 heteroatoms. The molecule has 1 aliphatic heterocycles. The number of likely N-dealkylation sites (tertiary alicyclic amines) is 1. The first-order valence-corrected chi connectivity index (χ1v) is 14.6. The van der Waals surface area contributed by atoms with Crippen LogP contribution in [0, 0.1) is 5.92 Å². The van der Waals surface area contributed by atoms with Crippen LogP contribution in [0.4, 0.5) is 18.9 Å². The van der Waals surface area contributed by atoms with Crippen LogP contribution >= 0.6 is 22.9 Å². The van der Waals surface area contributed by atoms with Gasteiger partial charge in [0.05, 0.1) is 22.9 Å². The third-order valence-corrected chi connectivity index (χ3v) is 8.79. The van der Waals surface area contributed by atoms with E-state index in [1.54, 1.807) is 11.6 Å². The van der Waals surface area contributed by atoms with Gasteiger partial charge >= 0.3 is 15.5 Å². The van der Waals surface area contributed by atoms with Crippen LogP contribution < -0.4 is 4.31 Å². The summed E-state index contributed by atoms with van der Waals surface area (Å²) in [5.41, 5.74) is -2.97. The van der Waals surface area contributed by atoms with Crippen LogP contribution in [0.5, 0.6) is 0 Å². The minimum Gasteiger partial charge on any atom is -0.341 e. The van der Waals surface area contributed by atoms with Gasteiger partial charge in [-0.3, -0.25) is 14.1 Å². The van der Waals surface area contributed by atoms with Crippen molar-refractivity contribution in [2.45, 2.75) is 38.6 Å². The third kappa shape index (κ3) is 6.13. The van der Waals surface area contributed by atoms with Crippen molar-refractivity contribution in [1.29, 1.82) is 0 Å². The van der Waals surface area contributed by atoms with E-state index in [9.17, 15) is 26.4 Å². The molecule has 204 valence electrons. The van der Waals surface area contributed by atoms with Gasteiger partial charge in [-0.15, -0.1) is 11.3 Å². The van der Waals surface area contributed by atoms with Gasteiger partial charge in [-0.1, -0.05) is 25.4 Å². The lowest BCUT2D eigenvalue weighted by atomic mass is 10.1. The Hall–Kier alpha value is -2.70. The molecule has 1 saturated heterocycles. The number of rotatable bonds is 9. The van der Waals surface area contributed by atoms with E-state index in [2.05, 4.69) is 23.8 Å². The number of pyridine rings is 1. The monoisotopic (exact) mass is 586 g/mol. The van der Waals surface area contributed by atoms with Gasteiger partial charge < -0.3 is 4.90 Å². The minimum atomic E-state index is -5.72.